The Kier molecular flexibility index (Phi) is 10.9. The number of amides is 2. The van der Waals surface area contributed by atoms with Gasteiger partial charge in [0.1, 0.15) is 12.4 Å². The zero-order chi connectivity index (χ0) is 29.3. The molecule has 12 heteroatoms. The number of likely N-dealkylation sites (N-methyl/N-ethyl adjacent to an activating group) is 2. The van der Waals surface area contributed by atoms with Gasteiger partial charge >= 0.3 is 11.8 Å². The Labute approximate surface area is 239 Å². The van der Waals surface area contributed by atoms with Gasteiger partial charge in [-0.05, 0) is 48.0 Å². The van der Waals surface area contributed by atoms with E-state index in [4.69, 9.17) is 21.5 Å². The quantitative estimate of drug-likeness (QED) is 0.311. The number of halogens is 1. The number of benzene rings is 3. The summed E-state index contributed by atoms with van der Waals surface area (Å²) in [5, 5.41) is 15.3. The van der Waals surface area contributed by atoms with Gasteiger partial charge in [-0.1, -0.05) is 41.9 Å². The molecule has 3 aromatic carbocycles. The normalized spacial score (nSPS) is 11.1. The van der Waals surface area contributed by atoms with Crippen molar-refractivity contribution in [2.24, 2.45) is 5.14 Å². The first-order valence-corrected chi connectivity index (χ1v) is 14.4. The first kappa shape index (κ1) is 30.9. The molecule has 0 aromatic heterocycles. The van der Waals surface area contributed by atoms with E-state index in [2.05, 4.69) is 0 Å². The van der Waals surface area contributed by atoms with Crippen LogP contribution >= 0.6 is 11.6 Å². The van der Waals surface area contributed by atoms with E-state index in [9.17, 15) is 23.1 Å². The zero-order valence-corrected chi connectivity index (χ0v) is 23.9. The van der Waals surface area contributed by atoms with Gasteiger partial charge in [0.2, 0.25) is 10.0 Å². The molecule has 40 heavy (non-hydrogen) atoms. The van der Waals surface area contributed by atoms with Crippen molar-refractivity contribution in [2.75, 3.05) is 45.2 Å². The van der Waals surface area contributed by atoms with Crippen molar-refractivity contribution in [3.8, 4) is 5.75 Å². The van der Waals surface area contributed by atoms with Crippen LogP contribution in [0.1, 0.15) is 11.1 Å². The maximum atomic E-state index is 13.1. The number of nitrogens with two attached hydrogens (primary N) is 1. The second kappa shape index (κ2) is 14.1. The molecule has 0 aliphatic rings. The van der Waals surface area contributed by atoms with Crippen LogP contribution in [0.4, 0.5) is 5.69 Å². The summed E-state index contributed by atoms with van der Waals surface area (Å²) in [5.41, 5.74) is 2.29. The molecule has 0 fully saturated rings. The van der Waals surface area contributed by atoms with Crippen LogP contribution in [0.15, 0.2) is 77.7 Å². The molecule has 10 nitrogen and oxygen atoms in total. The van der Waals surface area contributed by atoms with Gasteiger partial charge in [-0.3, -0.25) is 9.59 Å². The monoisotopic (exact) mass is 588 g/mol. The van der Waals surface area contributed by atoms with E-state index in [1.807, 2.05) is 29.2 Å². The van der Waals surface area contributed by atoms with Gasteiger partial charge in [-0.15, -0.1) is 0 Å². The first-order chi connectivity index (χ1) is 19.0. The lowest BCUT2D eigenvalue weighted by molar-refractivity contribution is -0.151. The Morgan fingerprint density at radius 2 is 1.62 bits per heavy atom. The summed E-state index contributed by atoms with van der Waals surface area (Å²) >= 11 is 6.20. The largest absolute Gasteiger partial charge is 0.489 e. The Hall–Kier alpha value is -3.64. The van der Waals surface area contributed by atoms with Gasteiger partial charge in [-0.25, -0.2) is 13.6 Å². The number of carbonyl (C=O) groups is 2. The minimum Gasteiger partial charge on any atom is -0.489 e. The highest BCUT2D eigenvalue weighted by Gasteiger charge is 2.25. The average Bonchev–Trinajstić information content (AvgIpc) is 2.94. The second-order valence-corrected chi connectivity index (χ2v) is 11.1. The van der Waals surface area contributed by atoms with Gasteiger partial charge in [0, 0.05) is 56.5 Å². The van der Waals surface area contributed by atoms with Crippen molar-refractivity contribution in [1.29, 1.82) is 0 Å². The third kappa shape index (κ3) is 8.68. The number of primary sulfonamides is 1. The third-order valence-corrected chi connectivity index (χ3v) is 7.49. The summed E-state index contributed by atoms with van der Waals surface area (Å²) in [6, 6.07) is 20.6. The van der Waals surface area contributed by atoms with Crippen molar-refractivity contribution in [3.05, 3.63) is 88.9 Å². The summed E-state index contributed by atoms with van der Waals surface area (Å²) in [7, 11) is -0.480. The highest BCUT2D eigenvalue weighted by atomic mass is 35.5. The molecule has 0 spiro atoms. The van der Waals surface area contributed by atoms with Gasteiger partial charge in [0.05, 0.1) is 11.5 Å². The lowest BCUT2D eigenvalue weighted by Crippen LogP contribution is -2.46. The van der Waals surface area contributed by atoms with Crippen LogP contribution in [0.25, 0.3) is 0 Å². The molecule has 0 unspecified atom stereocenters. The minimum atomic E-state index is -3.79. The Balaban J connectivity index is 1.58. The Bertz CT molecular complexity index is 1420. The molecular formula is C28H33ClN4O6S. The van der Waals surface area contributed by atoms with Crippen LogP contribution in [-0.4, -0.2) is 75.5 Å². The Morgan fingerprint density at radius 1 is 0.925 bits per heavy atom. The average molecular weight is 589 g/mol. The van der Waals surface area contributed by atoms with Crippen LogP contribution in [-0.2, 0) is 32.8 Å². The molecule has 0 bridgehead atoms. The molecular weight excluding hydrogens is 556 g/mol. The maximum Gasteiger partial charge on any atom is 0.312 e. The van der Waals surface area contributed by atoms with Gasteiger partial charge in [-0.2, -0.15) is 0 Å². The number of rotatable bonds is 12. The smallest absolute Gasteiger partial charge is 0.312 e. The summed E-state index contributed by atoms with van der Waals surface area (Å²) in [4.78, 5) is 30.4. The fourth-order valence-corrected chi connectivity index (χ4v) is 4.53. The summed E-state index contributed by atoms with van der Waals surface area (Å²) in [5.74, 6) is -0.867. The molecule has 3 N–H and O–H groups in total. The first-order valence-electron chi connectivity index (χ1n) is 12.4. The van der Waals surface area contributed by atoms with Crippen molar-refractivity contribution in [3.63, 3.8) is 0 Å². The van der Waals surface area contributed by atoms with Crippen LogP contribution in [0, 0.1) is 0 Å². The fourth-order valence-electron chi connectivity index (χ4n) is 3.82. The number of anilines is 1. The van der Waals surface area contributed by atoms with Crippen molar-refractivity contribution in [2.45, 2.75) is 18.0 Å². The minimum absolute atomic E-state index is 0.00390. The van der Waals surface area contributed by atoms with E-state index in [-0.39, 0.29) is 37.7 Å². The highest BCUT2D eigenvalue weighted by molar-refractivity contribution is 7.89. The number of aliphatic hydroxyl groups is 1. The lowest BCUT2D eigenvalue weighted by Gasteiger charge is -2.26. The number of nitrogens with zero attached hydrogens (tertiary/aromatic N) is 3. The van der Waals surface area contributed by atoms with Crippen molar-refractivity contribution in [1.82, 2.24) is 9.80 Å². The zero-order valence-electron chi connectivity index (χ0n) is 22.4. The van der Waals surface area contributed by atoms with Crippen molar-refractivity contribution >= 4 is 39.1 Å². The molecule has 0 heterocycles. The van der Waals surface area contributed by atoms with E-state index in [0.717, 1.165) is 16.8 Å². The molecule has 214 valence electrons. The Morgan fingerprint density at radius 3 is 2.27 bits per heavy atom. The molecule has 0 aliphatic carbocycles. The summed E-state index contributed by atoms with van der Waals surface area (Å²) in [6.07, 6.45) is 0. The molecule has 0 atom stereocenters. The molecule has 0 aliphatic heterocycles. The van der Waals surface area contributed by atoms with Crippen LogP contribution in [0.5, 0.6) is 5.75 Å². The summed E-state index contributed by atoms with van der Waals surface area (Å²) < 4.78 is 28.8. The summed E-state index contributed by atoms with van der Waals surface area (Å²) in [6.45, 7) is 0.683. The van der Waals surface area contributed by atoms with E-state index in [1.165, 1.54) is 29.0 Å². The lowest BCUT2D eigenvalue weighted by atomic mass is 10.2. The predicted molar refractivity (Wildman–Crippen MR) is 153 cm³/mol. The van der Waals surface area contributed by atoms with Crippen molar-refractivity contribution < 1.29 is 27.9 Å². The fraction of sp³-hybridized carbons (Fsp3) is 0.286. The molecule has 3 aromatic rings. The number of carbonyl (C=O) groups excluding carboxylic acids is 2. The van der Waals surface area contributed by atoms with Gasteiger partial charge in [0.15, 0.2) is 0 Å². The molecule has 0 saturated carbocycles. The van der Waals surface area contributed by atoms with E-state index >= 15 is 0 Å². The maximum absolute atomic E-state index is 13.1. The predicted octanol–water partition coefficient (Wildman–Crippen LogP) is 2.48. The van der Waals surface area contributed by atoms with E-state index < -0.39 is 21.8 Å². The number of hydrogen-bond donors (Lipinski definition) is 2. The van der Waals surface area contributed by atoms with E-state index in [0.29, 0.717) is 17.3 Å². The second-order valence-electron chi connectivity index (χ2n) is 9.16. The number of ether oxygens (including phenoxy) is 1. The van der Waals surface area contributed by atoms with E-state index in [1.54, 1.807) is 43.4 Å². The number of sulfonamides is 1. The molecule has 3 rings (SSSR count). The van der Waals surface area contributed by atoms with Gasteiger partial charge in [0.25, 0.3) is 0 Å². The number of hydrogen-bond acceptors (Lipinski definition) is 7. The third-order valence-electron chi connectivity index (χ3n) is 6.19. The SMILES string of the molecule is CN(CCN(C)c1ccc(S(N)(=O)=O)cc1)C(=O)C(=O)N(CCO)Cc1cccc(OCc2ccccc2Cl)c1. The highest BCUT2D eigenvalue weighted by Crippen LogP contribution is 2.20. The topological polar surface area (TPSA) is 133 Å². The number of aliphatic hydroxyl groups excluding tert-OH is 1. The standard InChI is InChI=1S/C28H33ClN4O6S/c1-31(23-10-12-25(13-11-23)40(30,37)38)14-15-32(2)27(35)28(36)33(16-17-34)19-21-6-5-8-24(18-21)39-20-22-7-3-4-9-26(22)29/h3-13,18,34H,14-17,19-20H2,1-2H3,(H2,30,37,38). The van der Waals surface area contributed by atoms with Crippen LogP contribution < -0.4 is 14.8 Å². The molecule has 0 saturated heterocycles. The van der Waals surface area contributed by atoms with Crippen LogP contribution in [0.3, 0.4) is 0 Å². The molecule has 0 radical (unpaired) electrons. The van der Waals surface area contributed by atoms with Gasteiger partial charge < -0.3 is 24.5 Å². The van der Waals surface area contributed by atoms with Crippen LogP contribution in [0.2, 0.25) is 5.02 Å². The molecule has 2 amide bonds.